The van der Waals surface area contributed by atoms with Crippen LogP contribution in [0.1, 0.15) is 31.4 Å². The van der Waals surface area contributed by atoms with Crippen LogP contribution in [-0.2, 0) is 9.53 Å². The van der Waals surface area contributed by atoms with Gasteiger partial charge in [-0.25, -0.2) is 9.67 Å². The molecule has 0 aliphatic heterocycles. The van der Waals surface area contributed by atoms with E-state index in [4.69, 9.17) is 4.74 Å². The van der Waals surface area contributed by atoms with Crippen molar-refractivity contribution in [2.75, 3.05) is 13.6 Å². The molecule has 2 heterocycles. The van der Waals surface area contributed by atoms with Gasteiger partial charge in [0.1, 0.15) is 12.1 Å². The van der Waals surface area contributed by atoms with Gasteiger partial charge in [-0.3, -0.25) is 9.59 Å². The molecule has 28 heavy (non-hydrogen) atoms. The molecular formula is C20H22N4O3S. The van der Waals surface area contributed by atoms with Crippen molar-refractivity contribution in [3.05, 3.63) is 53.7 Å². The second-order valence-corrected chi connectivity index (χ2v) is 8.18. The highest BCUT2D eigenvalue weighted by molar-refractivity contribution is 7.13. The lowest BCUT2D eigenvalue weighted by Gasteiger charge is -2.22. The van der Waals surface area contributed by atoms with Gasteiger partial charge in [0, 0.05) is 7.05 Å². The van der Waals surface area contributed by atoms with Gasteiger partial charge in [-0.1, -0.05) is 24.3 Å². The molecule has 1 aromatic carbocycles. The monoisotopic (exact) mass is 398 g/mol. The Hall–Kier alpha value is -3.00. The molecule has 0 atom stereocenters. The van der Waals surface area contributed by atoms with Crippen molar-refractivity contribution in [2.45, 2.75) is 26.4 Å². The lowest BCUT2D eigenvalue weighted by molar-refractivity contribution is -0.155. The zero-order valence-electron chi connectivity index (χ0n) is 16.2. The number of ether oxygens (including phenoxy) is 1. The van der Waals surface area contributed by atoms with E-state index in [1.807, 2.05) is 47.8 Å². The van der Waals surface area contributed by atoms with E-state index in [1.54, 1.807) is 25.5 Å². The molecule has 3 aromatic rings. The molecule has 0 spiro atoms. The number of benzene rings is 1. The van der Waals surface area contributed by atoms with Crippen LogP contribution < -0.4 is 0 Å². The fourth-order valence-corrected chi connectivity index (χ4v) is 3.23. The Bertz CT molecular complexity index is 959. The molecular weight excluding hydrogens is 376 g/mol. The van der Waals surface area contributed by atoms with Gasteiger partial charge < -0.3 is 9.64 Å². The first-order valence-electron chi connectivity index (χ1n) is 8.78. The van der Waals surface area contributed by atoms with Gasteiger partial charge in [0.25, 0.3) is 5.91 Å². The molecule has 0 fully saturated rings. The van der Waals surface area contributed by atoms with Crippen molar-refractivity contribution >= 4 is 23.2 Å². The van der Waals surface area contributed by atoms with Crippen LogP contribution >= 0.6 is 11.3 Å². The maximum atomic E-state index is 12.8. The number of hydrogen-bond donors (Lipinski definition) is 0. The number of hydrogen-bond acceptors (Lipinski definition) is 6. The number of esters is 1. The molecule has 7 nitrogen and oxygen atoms in total. The van der Waals surface area contributed by atoms with Crippen molar-refractivity contribution in [3.63, 3.8) is 0 Å². The Labute approximate surface area is 167 Å². The molecule has 0 N–H and O–H groups in total. The highest BCUT2D eigenvalue weighted by Crippen LogP contribution is 2.25. The Morgan fingerprint density at radius 2 is 1.86 bits per heavy atom. The fraction of sp³-hybridized carbons (Fsp3) is 0.300. The minimum atomic E-state index is -0.611. The second-order valence-electron chi connectivity index (χ2n) is 7.23. The Morgan fingerprint density at radius 1 is 1.14 bits per heavy atom. The van der Waals surface area contributed by atoms with Crippen LogP contribution in [0.25, 0.3) is 16.4 Å². The maximum Gasteiger partial charge on any atom is 0.326 e. The van der Waals surface area contributed by atoms with Gasteiger partial charge in [-0.05, 0) is 44.4 Å². The number of likely N-dealkylation sites (N-methyl/N-ethyl adjacent to an activating group) is 1. The number of aromatic nitrogens is 3. The zero-order chi connectivity index (χ0) is 20.3. The van der Waals surface area contributed by atoms with E-state index in [9.17, 15) is 9.59 Å². The number of carbonyl (C=O) groups is 2. The minimum absolute atomic E-state index is 0.0262. The lowest BCUT2D eigenvalue weighted by Crippen LogP contribution is -2.36. The molecule has 2 aromatic heterocycles. The molecule has 0 aliphatic carbocycles. The number of nitrogens with zero attached hydrogens (tertiary/aromatic N) is 4. The molecule has 0 unspecified atom stereocenters. The van der Waals surface area contributed by atoms with Crippen LogP contribution in [0.3, 0.4) is 0 Å². The molecule has 146 valence electrons. The van der Waals surface area contributed by atoms with Crippen LogP contribution in [-0.4, -0.2) is 50.7 Å². The van der Waals surface area contributed by atoms with E-state index in [1.165, 1.54) is 23.3 Å². The van der Waals surface area contributed by atoms with E-state index < -0.39 is 17.5 Å². The first-order valence-corrected chi connectivity index (χ1v) is 9.66. The average molecular weight is 398 g/mol. The van der Waals surface area contributed by atoms with Gasteiger partial charge in [0.2, 0.25) is 5.82 Å². The van der Waals surface area contributed by atoms with Gasteiger partial charge in [-0.15, -0.1) is 16.4 Å². The molecule has 1 amide bonds. The first kappa shape index (κ1) is 19.8. The summed E-state index contributed by atoms with van der Waals surface area (Å²) >= 11 is 1.51. The summed E-state index contributed by atoms with van der Waals surface area (Å²) in [4.78, 5) is 31.4. The van der Waals surface area contributed by atoms with Crippen LogP contribution in [0.2, 0.25) is 0 Å². The molecule has 8 heteroatoms. The van der Waals surface area contributed by atoms with Crippen molar-refractivity contribution in [3.8, 4) is 16.4 Å². The third-order valence-corrected chi connectivity index (χ3v) is 4.54. The van der Waals surface area contributed by atoms with E-state index in [0.717, 1.165) is 10.6 Å². The Kier molecular flexibility index (Phi) is 5.60. The van der Waals surface area contributed by atoms with Gasteiger partial charge >= 0.3 is 5.97 Å². The number of amides is 1. The van der Waals surface area contributed by atoms with Crippen molar-refractivity contribution in [2.24, 2.45) is 0 Å². The molecule has 0 radical (unpaired) electrons. The molecule has 0 aliphatic rings. The molecule has 0 bridgehead atoms. The smallest absolute Gasteiger partial charge is 0.326 e. The van der Waals surface area contributed by atoms with E-state index >= 15 is 0 Å². The standard InChI is InChI=1S/C20H22N4O3S/c1-20(2,3)27-16(25)13-23(4)19(26)17-21-18(15-11-8-12-28-15)24(22-17)14-9-6-5-7-10-14/h5-12H,13H2,1-4H3. The van der Waals surface area contributed by atoms with Crippen LogP contribution in [0.5, 0.6) is 0 Å². The first-order chi connectivity index (χ1) is 13.2. The second kappa shape index (κ2) is 7.93. The maximum absolute atomic E-state index is 12.8. The number of para-hydroxylation sites is 1. The van der Waals surface area contributed by atoms with Gasteiger partial charge in [0.05, 0.1) is 10.6 Å². The molecule has 0 saturated heterocycles. The Balaban J connectivity index is 1.88. The highest BCUT2D eigenvalue weighted by Gasteiger charge is 2.25. The third kappa shape index (κ3) is 4.64. The predicted molar refractivity (Wildman–Crippen MR) is 107 cm³/mol. The molecule has 3 rings (SSSR count). The van der Waals surface area contributed by atoms with Crippen molar-refractivity contribution in [1.82, 2.24) is 19.7 Å². The zero-order valence-corrected chi connectivity index (χ0v) is 17.1. The third-order valence-electron chi connectivity index (χ3n) is 3.67. The summed E-state index contributed by atoms with van der Waals surface area (Å²) in [5.41, 5.74) is 0.188. The SMILES string of the molecule is CN(CC(=O)OC(C)(C)C)C(=O)c1nc(-c2cccs2)n(-c2ccccc2)n1. The average Bonchev–Trinajstić information content (AvgIpc) is 3.29. The number of rotatable bonds is 5. The van der Waals surface area contributed by atoms with Crippen molar-refractivity contribution in [1.29, 1.82) is 0 Å². The quantitative estimate of drug-likeness (QED) is 0.616. The van der Waals surface area contributed by atoms with Crippen molar-refractivity contribution < 1.29 is 14.3 Å². The normalized spacial score (nSPS) is 11.3. The Morgan fingerprint density at radius 3 is 2.46 bits per heavy atom. The summed E-state index contributed by atoms with van der Waals surface area (Å²) in [5, 5.41) is 6.35. The number of thiophene rings is 1. The summed E-state index contributed by atoms with van der Waals surface area (Å²) in [6.45, 7) is 5.17. The minimum Gasteiger partial charge on any atom is -0.459 e. The highest BCUT2D eigenvalue weighted by atomic mass is 32.1. The number of carbonyl (C=O) groups excluding carboxylic acids is 2. The topological polar surface area (TPSA) is 77.3 Å². The fourth-order valence-electron chi connectivity index (χ4n) is 2.53. The van der Waals surface area contributed by atoms with E-state index in [0.29, 0.717) is 5.82 Å². The summed E-state index contributed by atoms with van der Waals surface area (Å²) in [7, 11) is 1.53. The predicted octanol–water partition coefficient (Wildman–Crippen LogP) is 3.41. The summed E-state index contributed by atoms with van der Waals surface area (Å²) < 4.78 is 6.91. The summed E-state index contributed by atoms with van der Waals surface area (Å²) in [6.07, 6.45) is 0. The van der Waals surface area contributed by atoms with Gasteiger partial charge in [-0.2, -0.15) is 0 Å². The lowest BCUT2D eigenvalue weighted by atomic mass is 10.2. The van der Waals surface area contributed by atoms with Crippen LogP contribution in [0.15, 0.2) is 47.8 Å². The van der Waals surface area contributed by atoms with E-state index in [-0.39, 0.29) is 12.4 Å². The van der Waals surface area contributed by atoms with E-state index in [2.05, 4.69) is 10.1 Å². The largest absolute Gasteiger partial charge is 0.459 e. The molecule has 0 saturated carbocycles. The van der Waals surface area contributed by atoms with Crippen LogP contribution in [0, 0.1) is 0 Å². The van der Waals surface area contributed by atoms with Crippen LogP contribution in [0.4, 0.5) is 0 Å². The summed E-state index contributed by atoms with van der Waals surface area (Å²) in [6, 6.07) is 13.3. The summed E-state index contributed by atoms with van der Waals surface area (Å²) in [5.74, 6) is -0.323. The van der Waals surface area contributed by atoms with Gasteiger partial charge in [0.15, 0.2) is 5.82 Å².